The topological polar surface area (TPSA) is 12.9 Å². The minimum absolute atomic E-state index is 1.12. The van der Waals surface area contributed by atoms with Crippen molar-refractivity contribution in [1.82, 2.24) is 4.98 Å². The molecule has 0 spiro atoms. The highest BCUT2D eigenvalue weighted by Gasteiger charge is 1.99. The van der Waals surface area contributed by atoms with Gasteiger partial charge in [-0.2, -0.15) is 0 Å². The van der Waals surface area contributed by atoms with E-state index in [9.17, 15) is 0 Å². The molecule has 0 amide bonds. The van der Waals surface area contributed by atoms with Gasteiger partial charge >= 0.3 is 0 Å². The fourth-order valence-electron chi connectivity index (χ4n) is 1.25. The van der Waals surface area contributed by atoms with Gasteiger partial charge in [-0.1, -0.05) is 13.0 Å². The number of thiophene rings is 1. The minimum atomic E-state index is 1.12. The van der Waals surface area contributed by atoms with Gasteiger partial charge in [-0.15, -0.1) is 11.3 Å². The summed E-state index contributed by atoms with van der Waals surface area (Å²) in [6, 6.07) is 6.30. The highest BCUT2D eigenvalue weighted by molar-refractivity contribution is 7.10. The largest absolute Gasteiger partial charge is 0.264 e. The Balaban J connectivity index is 2.36. The van der Waals surface area contributed by atoms with Gasteiger partial charge in [0.2, 0.25) is 0 Å². The Kier molecular flexibility index (Phi) is 2.41. The van der Waals surface area contributed by atoms with Crippen molar-refractivity contribution in [3.8, 4) is 11.1 Å². The van der Waals surface area contributed by atoms with E-state index in [1.807, 2.05) is 23.6 Å². The molecule has 0 aromatic carbocycles. The first-order valence-electron chi connectivity index (χ1n) is 4.38. The first kappa shape index (κ1) is 8.45. The molecule has 2 aromatic heterocycles. The monoisotopic (exact) mass is 189 g/mol. The van der Waals surface area contributed by atoms with Crippen molar-refractivity contribution in [3.63, 3.8) is 0 Å². The second kappa shape index (κ2) is 3.71. The first-order valence-corrected chi connectivity index (χ1v) is 5.26. The number of aromatic nitrogens is 1. The van der Waals surface area contributed by atoms with Crippen LogP contribution in [-0.4, -0.2) is 4.98 Å². The number of aryl methyl sites for hydroxylation is 1. The summed E-state index contributed by atoms with van der Waals surface area (Å²) < 4.78 is 0. The zero-order chi connectivity index (χ0) is 9.10. The van der Waals surface area contributed by atoms with Crippen LogP contribution in [0, 0.1) is 0 Å². The second-order valence-electron chi connectivity index (χ2n) is 2.90. The molecular weight excluding hydrogens is 178 g/mol. The molecule has 0 radical (unpaired) electrons. The van der Waals surface area contributed by atoms with Crippen LogP contribution >= 0.6 is 11.3 Å². The van der Waals surface area contributed by atoms with E-state index >= 15 is 0 Å². The fourth-order valence-corrected chi connectivity index (χ4v) is 2.10. The zero-order valence-corrected chi connectivity index (χ0v) is 8.34. The van der Waals surface area contributed by atoms with Crippen LogP contribution in [0.4, 0.5) is 0 Å². The highest BCUT2D eigenvalue weighted by atomic mass is 32.1. The van der Waals surface area contributed by atoms with Crippen LogP contribution in [0.15, 0.2) is 36.0 Å². The maximum absolute atomic E-state index is 4.10. The lowest BCUT2D eigenvalue weighted by atomic mass is 10.1. The SMILES string of the molecule is CCc1cc(-c2cccnc2)cs1. The molecule has 0 saturated carbocycles. The summed E-state index contributed by atoms with van der Waals surface area (Å²) >= 11 is 1.82. The van der Waals surface area contributed by atoms with Crippen molar-refractivity contribution in [1.29, 1.82) is 0 Å². The van der Waals surface area contributed by atoms with Crippen molar-refractivity contribution < 1.29 is 0 Å². The predicted octanol–water partition coefficient (Wildman–Crippen LogP) is 3.37. The average Bonchev–Trinajstić information content (AvgIpc) is 2.67. The Morgan fingerprint density at radius 1 is 1.38 bits per heavy atom. The lowest BCUT2D eigenvalue weighted by Gasteiger charge is -1.93. The van der Waals surface area contributed by atoms with Crippen molar-refractivity contribution in [2.24, 2.45) is 0 Å². The van der Waals surface area contributed by atoms with Crippen LogP contribution < -0.4 is 0 Å². The smallest absolute Gasteiger partial charge is 0.0346 e. The number of hydrogen-bond acceptors (Lipinski definition) is 2. The molecule has 13 heavy (non-hydrogen) atoms. The third-order valence-corrected chi connectivity index (χ3v) is 3.08. The van der Waals surface area contributed by atoms with E-state index in [2.05, 4.69) is 29.4 Å². The third kappa shape index (κ3) is 1.78. The predicted molar refractivity (Wildman–Crippen MR) is 56.9 cm³/mol. The molecule has 2 heterocycles. The molecule has 1 nitrogen and oxygen atoms in total. The number of nitrogens with zero attached hydrogens (tertiary/aromatic N) is 1. The number of rotatable bonds is 2. The Hall–Kier alpha value is -1.15. The van der Waals surface area contributed by atoms with E-state index < -0.39 is 0 Å². The summed E-state index contributed by atoms with van der Waals surface area (Å²) in [6.45, 7) is 2.18. The first-order chi connectivity index (χ1) is 6.40. The molecular formula is C11H11NS. The van der Waals surface area contributed by atoms with Crippen LogP contribution in [0.25, 0.3) is 11.1 Å². The summed E-state index contributed by atoms with van der Waals surface area (Å²) in [5, 5.41) is 2.19. The van der Waals surface area contributed by atoms with Crippen LogP contribution in [0.1, 0.15) is 11.8 Å². The number of pyridine rings is 1. The molecule has 0 saturated heterocycles. The maximum Gasteiger partial charge on any atom is 0.0346 e. The molecule has 0 aliphatic heterocycles. The van der Waals surface area contributed by atoms with Gasteiger partial charge in [-0.25, -0.2) is 0 Å². The molecule has 0 aliphatic carbocycles. The Morgan fingerprint density at radius 2 is 2.31 bits per heavy atom. The fraction of sp³-hybridized carbons (Fsp3) is 0.182. The Bertz CT molecular complexity index is 378. The van der Waals surface area contributed by atoms with Gasteiger partial charge in [0.05, 0.1) is 0 Å². The van der Waals surface area contributed by atoms with Gasteiger partial charge < -0.3 is 0 Å². The van der Waals surface area contributed by atoms with Crippen LogP contribution in [-0.2, 0) is 6.42 Å². The zero-order valence-electron chi connectivity index (χ0n) is 7.53. The lowest BCUT2D eigenvalue weighted by Crippen LogP contribution is -1.74. The lowest BCUT2D eigenvalue weighted by molar-refractivity contribution is 1.19. The second-order valence-corrected chi connectivity index (χ2v) is 3.89. The third-order valence-electron chi connectivity index (χ3n) is 2.00. The van der Waals surface area contributed by atoms with Crippen molar-refractivity contribution >= 4 is 11.3 Å². The molecule has 66 valence electrons. The molecule has 0 aliphatic rings. The highest BCUT2D eigenvalue weighted by Crippen LogP contribution is 2.24. The Morgan fingerprint density at radius 3 is 2.92 bits per heavy atom. The summed E-state index contributed by atoms with van der Waals surface area (Å²) in [4.78, 5) is 5.53. The van der Waals surface area contributed by atoms with Gasteiger partial charge in [0, 0.05) is 22.8 Å². The molecule has 0 unspecified atom stereocenters. The molecule has 0 atom stereocenters. The van der Waals surface area contributed by atoms with E-state index in [4.69, 9.17) is 0 Å². The van der Waals surface area contributed by atoms with Crippen molar-refractivity contribution in [3.05, 3.63) is 40.8 Å². The molecule has 0 fully saturated rings. The van der Waals surface area contributed by atoms with Gasteiger partial charge in [-0.3, -0.25) is 4.98 Å². The molecule has 2 heteroatoms. The van der Waals surface area contributed by atoms with Gasteiger partial charge in [0.25, 0.3) is 0 Å². The van der Waals surface area contributed by atoms with Gasteiger partial charge in [-0.05, 0) is 29.5 Å². The van der Waals surface area contributed by atoms with Crippen LogP contribution in [0.2, 0.25) is 0 Å². The summed E-state index contributed by atoms with van der Waals surface area (Å²) in [5.74, 6) is 0. The minimum Gasteiger partial charge on any atom is -0.264 e. The van der Waals surface area contributed by atoms with E-state index in [1.165, 1.54) is 16.0 Å². The normalized spacial score (nSPS) is 10.2. The van der Waals surface area contributed by atoms with Crippen LogP contribution in [0.5, 0.6) is 0 Å². The Labute approximate surface area is 82.1 Å². The number of hydrogen-bond donors (Lipinski definition) is 0. The van der Waals surface area contributed by atoms with Crippen molar-refractivity contribution in [2.75, 3.05) is 0 Å². The van der Waals surface area contributed by atoms with E-state index in [0.717, 1.165) is 6.42 Å². The average molecular weight is 189 g/mol. The van der Waals surface area contributed by atoms with E-state index in [1.54, 1.807) is 6.20 Å². The van der Waals surface area contributed by atoms with E-state index in [-0.39, 0.29) is 0 Å². The summed E-state index contributed by atoms with van der Waals surface area (Å²) in [7, 11) is 0. The molecule has 2 rings (SSSR count). The maximum atomic E-state index is 4.10. The van der Waals surface area contributed by atoms with Gasteiger partial charge in [0.15, 0.2) is 0 Å². The quantitative estimate of drug-likeness (QED) is 0.705. The van der Waals surface area contributed by atoms with Gasteiger partial charge in [0.1, 0.15) is 0 Å². The summed E-state index contributed by atoms with van der Waals surface area (Å²) in [5.41, 5.74) is 2.49. The summed E-state index contributed by atoms with van der Waals surface area (Å²) in [6.07, 6.45) is 4.82. The molecule has 0 bridgehead atoms. The van der Waals surface area contributed by atoms with E-state index in [0.29, 0.717) is 0 Å². The standard InChI is InChI=1S/C11H11NS/c1-2-11-6-10(8-13-11)9-4-3-5-12-7-9/h3-8H,2H2,1H3. The van der Waals surface area contributed by atoms with Crippen molar-refractivity contribution in [2.45, 2.75) is 13.3 Å². The molecule has 0 N–H and O–H groups in total. The molecule has 2 aromatic rings. The van der Waals surface area contributed by atoms with Crippen LogP contribution in [0.3, 0.4) is 0 Å².